The van der Waals surface area contributed by atoms with Crippen LogP contribution in [0.5, 0.6) is 0 Å². The molecule has 2 aromatic heterocycles. The second-order valence-corrected chi connectivity index (χ2v) is 14.7. The van der Waals surface area contributed by atoms with Gasteiger partial charge in [-0.05, 0) is 49.9 Å². The number of sulfone groups is 1. The number of nitrogens with one attached hydrogen (secondary N) is 1. The Kier molecular flexibility index (Phi) is 8.43. The molecule has 1 unspecified atom stereocenters. The number of pyridine rings is 1. The van der Waals surface area contributed by atoms with Crippen LogP contribution in [0.1, 0.15) is 62.6 Å². The van der Waals surface area contributed by atoms with E-state index in [1.165, 1.54) is 12.4 Å². The minimum absolute atomic E-state index is 0.00292. The quantitative estimate of drug-likeness (QED) is 0.426. The zero-order valence-electron chi connectivity index (χ0n) is 24.6. The first-order valence-electron chi connectivity index (χ1n) is 15.4. The van der Waals surface area contributed by atoms with Crippen LogP contribution >= 0.6 is 0 Å². The lowest BCUT2D eigenvalue weighted by molar-refractivity contribution is -0.0568. The number of hydrogen-bond donors (Lipinski definition) is 1. The predicted octanol–water partition coefficient (Wildman–Crippen LogP) is 4.58. The van der Waals surface area contributed by atoms with Gasteiger partial charge in [0.1, 0.15) is 23.5 Å². The van der Waals surface area contributed by atoms with Crippen LogP contribution in [0.15, 0.2) is 41.5 Å². The van der Waals surface area contributed by atoms with E-state index in [2.05, 4.69) is 20.2 Å². The Balaban J connectivity index is 1.37. The van der Waals surface area contributed by atoms with Gasteiger partial charge in [-0.25, -0.2) is 27.2 Å². The first-order chi connectivity index (χ1) is 20.6. The molecular formula is C31H40F2N6O3S. The molecule has 232 valence electrons. The molecule has 1 atom stereocenters. The zero-order chi connectivity index (χ0) is 30.2. The number of aromatic nitrogens is 3. The molecule has 0 aliphatic carbocycles. The lowest BCUT2D eigenvalue weighted by Gasteiger charge is -2.41. The largest absolute Gasteiger partial charge is 0.365 e. The van der Waals surface area contributed by atoms with Crippen molar-refractivity contribution in [3.63, 3.8) is 0 Å². The van der Waals surface area contributed by atoms with E-state index in [4.69, 9.17) is 0 Å². The Morgan fingerprint density at radius 2 is 1.67 bits per heavy atom. The van der Waals surface area contributed by atoms with E-state index in [9.17, 15) is 13.2 Å². The first kappa shape index (κ1) is 29.9. The second-order valence-electron chi connectivity index (χ2n) is 12.4. The predicted molar refractivity (Wildman–Crippen MR) is 165 cm³/mol. The molecule has 2 saturated heterocycles. The molecule has 1 N–H and O–H groups in total. The molecular weight excluding hydrogens is 574 g/mol. The molecule has 12 heteroatoms. The van der Waals surface area contributed by atoms with Crippen molar-refractivity contribution in [2.45, 2.75) is 64.0 Å². The van der Waals surface area contributed by atoms with Crippen LogP contribution in [-0.2, 0) is 22.3 Å². The minimum atomic E-state index is -3.13. The molecule has 4 aliphatic heterocycles. The molecule has 0 saturated carbocycles. The van der Waals surface area contributed by atoms with Gasteiger partial charge in [0.15, 0.2) is 9.84 Å². The molecule has 9 nitrogen and oxygen atoms in total. The standard InChI is InChI=1S/C31H40F2N6O3S/c1-22-24-8-7-9-25(16-24)31(32,33)18-23-19-37(20-23)10-5-3-2-4-6-11-39-29-26(28(36-22)34-21-35-29)17-27(30(39)40)38-12-14-43(41,42)15-13-38/h7-9,16-17,21-23H,2-6,10-15,18-20H2,1H3,(H,34,35,36). The zero-order valence-corrected chi connectivity index (χ0v) is 25.5. The summed E-state index contributed by atoms with van der Waals surface area (Å²) in [5.41, 5.74) is 1.47. The molecule has 0 radical (unpaired) electrons. The van der Waals surface area contributed by atoms with E-state index in [1.54, 1.807) is 22.8 Å². The van der Waals surface area contributed by atoms with Crippen molar-refractivity contribution in [1.29, 1.82) is 0 Å². The monoisotopic (exact) mass is 614 g/mol. The molecule has 0 spiro atoms. The van der Waals surface area contributed by atoms with Gasteiger partial charge < -0.3 is 15.1 Å². The summed E-state index contributed by atoms with van der Waals surface area (Å²) in [6, 6.07) is 7.99. The van der Waals surface area contributed by atoms with Crippen LogP contribution in [0.2, 0.25) is 0 Å². The molecule has 2 fully saturated rings. The average Bonchev–Trinajstić information content (AvgIpc) is 2.96. The lowest BCUT2D eigenvalue weighted by Crippen LogP contribution is -2.48. The van der Waals surface area contributed by atoms with E-state index in [1.807, 2.05) is 17.9 Å². The Hall–Kier alpha value is -3.12. The van der Waals surface area contributed by atoms with Gasteiger partial charge >= 0.3 is 0 Å². The van der Waals surface area contributed by atoms with E-state index in [0.29, 0.717) is 34.6 Å². The van der Waals surface area contributed by atoms with Crippen molar-refractivity contribution in [3.8, 4) is 0 Å². The number of fused-ring (bicyclic) bond motifs is 8. The molecule has 3 aromatic rings. The van der Waals surface area contributed by atoms with E-state index in [0.717, 1.165) is 51.7 Å². The SMILES string of the molecule is CC1Nc2ncnc3c2cc(N2CCS(=O)(=O)CC2)c(=O)n3CCCCCCCN2CC(C2)CC(F)(F)c2cccc1c2. The summed E-state index contributed by atoms with van der Waals surface area (Å²) < 4.78 is 56.7. The molecule has 0 amide bonds. The number of rotatable bonds is 1. The number of benzene rings is 1. The van der Waals surface area contributed by atoms with Crippen LogP contribution < -0.4 is 15.8 Å². The number of nitrogens with zero attached hydrogens (tertiary/aromatic N) is 5. The normalized spacial score (nSPS) is 26.2. The summed E-state index contributed by atoms with van der Waals surface area (Å²) in [6.45, 7) is 5.25. The Morgan fingerprint density at radius 1 is 0.953 bits per heavy atom. The highest BCUT2D eigenvalue weighted by Crippen LogP contribution is 2.39. The third-order valence-corrected chi connectivity index (χ3v) is 10.8. The Labute approximate surface area is 251 Å². The maximum Gasteiger partial charge on any atom is 0.275 e. The topological polar surface area (TPSA) is 100 Å². The van der Waals surface area contributed by atoms with Crippen LogP contribution in [0.3, 0.4) is 0 Å². The van der Waals surface area contributed by atoms with Gasteiger partial charge in [-0.3, -0.25) is 9.36 Å². The number of anilines is 2. The number of halogens is 2. The molecule has 4 aliphatic rings. The van der Waals surface area contributed by atoms with Gasteiger partial charge in [-0.15, -0.1) is 0 Å². The van der Waals surface area contributed by atoms with Crippen LogP contribution in [0.4, 0.5) is 20.3 Å². The average molecular weight is 615 g/mol. The van der Waals surface area contributed by atoms with Gasteiger partial charge in [0.2, 0.25) is 0 Å². The van der Waals surface area contributed by atoms with Crippen molar-refractivity contribution in [3.05, 3.63) is 58.1 Å². The smallest absolute Gasteiger partial charge is 0.275 e. The fourth-order valence-corrected chi connectivity index (χ4v) is 7.80. The highest BCUT2D eigenvalue weighted by molar-refractivity contribution is 7.91. The van der Waals surface area contributed by atoms with Gasteiger partial charge in [-0.1, -0.05) is 37.5 Å². The van der Waals surface area contributed by atoms with Gasteiger partial charge in [-0.2, -0.15) is 0 Å². The Bertz CT molecular complexity index is 1630. The highest BCUT2D eigenvalue weighted by atomic mass is 32.2. The summed E-state index contributed by atoms with van der Waals surface area (Å²) in [6.07, 6.45) is 6.14. The van der Waals surface area contributed by atoms with E-state index < -0.39 is 15.8 Å². The van der Waals surface area contributed by atoms with Crippen molar-refractivity contribution in [2.75, 3.05) is 54.4 Å². The highest BCUT2D eigenvalue weighted by Gasteiger charge is 2.39. The van der Waals surface area contributed by atoms with Crippen LogP contribution in [-0.4, -0.2) is 72.1 Å². The van der Waals surface area contributed by atoms with Crippen LogP contribution in [0.25, 0.3) is 11.0 Å². The van der Waals surface area contributed by atoms with Gasteiger partial charge in [0.25, 0.3) is 11.5 Å². The van der Waals surface area contributed by atoms with Crippen molar-refractivity contribution in [2.24, 2.45) is 5.92 Å². The molecule has 7 rings (SSSR count). The minimum Gasteiger partial charge on any atom is -0.365 e. The van der Waals surface area contributed by atoms with Crippen molar-refractivity contribution < 1.29 is 17.2 Å². The Morgan fingerprint density at radius 3 is 2.44 bits per heavy atom. The fraction of sp³-hybridized carbons (Fsp3) is 0.581. The lowest BCUT2D eigenvalue weighted by atomic mass is 9.89. The third kappa shape index (κ3) is 6.55. The second kappa shape index (κ2) is 12.1. The van der Waals surface area contributed by atoms with E-state index >= 15 is 8.78 Å². The number of hydrogen-bond acceptors (Lipinski definition) is 8. The molecule has 1 aromatic carbocycles. The number of alkyl halides is 2. The summed E-state index contributed by atoms with van der Waals surface area (Å²) in [7, 11) is -3.13. The fourth-order valence-electron chi connectivity index (χ4n) is 6.60. The molecule has 6 heterocycles. The third-order valence-electron chi connectivity index (χ3n) is 9.15. The maximum atomic E-state index is 15.4. The summed E-state index contributed by atoms with van der Waals surface area (Å²) in [4.78, 5) is 26.9. The number of aryl methyl sites for hydroxylation is 1. The molecule has 8 bridgehead atoms. The molecule has 43 heavy (non-hydrogen) atoms. The maximum absolute atomic E-state index is 15.4. The van der Waals surface area contributed by atoms with Gasteiger partial charge in [0.05, 0.1) is 16.9 Å². The first-order valence-corrected chi connectivity index (χ1v) is 17.2. The van der Waals surface area contributed by atoms with Gasteiger partial charge in [0, 0.05) is 50.7 Å². The summed E-state index contributed by atoms with van der Waals surface area (Å²) in [5, 5.41) is 4.03. The van der Waals surface area contributed by atoms with Crippen LogP contribution in [0, 0.1) is 5.92 Å². The summed E-state index contributed by atoms with van der Waals surface area (Å²) in [5.74, 6) is -2.43. The van der Waals surface area contributed by atoms with Crippen molar-refractivity contribution in [1.82, 2.24) is 19.4 Å². The van der Waals surface area contributed by atoms with E-state index in [-0.39, 0.29) is 54.1 Å². The summed E-state index contributed by atoms with van der Waals surface area (Å²) >= 11 is 0. The van der Waals surface area contributed by atoms with Crippen molar-refractivity contribution >= 4 is 32.4 Å².